The van der Waals surface area contributed by atoms with Crippen molar-refractivity contribution in [3.05, 3.63) is 42.0 Å². The van der Waals surface area contributed by atoms with Crippen LogP contribution in [0.5, 0.6) is 5.75 Å². The molecule has 118 valence electrons. The van der Waals surface area contributed by atoms with E-state index in [0.29, 0.717) is 10.8 Å². The van der Waals surface area contributed by atoms with Crippen LogP contribution in [0.2, 0.25) is 0 Å². The van der Waals surface area contributed by atoms with Crippen LogP contribution in [0.3, 0.4) is 0 Å². The number of methoxy groups -OCH3 is 1. The second-order valence-electron chi connectivity index (χ2n) is 4.17. The fourth-order valence-electron chi connectivity index (χ4n) is 1.72. The SMILES string of the molecule is COC(=O)c1cc2ccccc2cc1OS(=O)(=O)C(F)(F)F. The molecule has 22 heavy (non-hydrogen) atoms. The van der Waals surface area contributed by atoms with Gasteiger partial charge in [-0.15, -0.1) is 0 Å². The molecule has 0 aromatic heterocycles. The maximum absolute atomic E-state index is 12.4. The van der Waals surface area contributed by atoms with E-state index in [9.17, 15) is 26.4 Å². The van der Waals surface area contributed by atoms with E-state index in [-0.39, 0.29) is 0 Å². The fourth-order valence-corrected chi connectivity index (χ4v) is 2.19. The van der Waals surface area contributed by atoms with Crippen molar-refractivity contribution in [2.45, 2.75) is 5.51 Å². The monoisotopic (exact) mass is 334 g/mol. The number of benzene rings is 2. The van der Waals surface area contributed by atoms with E-state index < -0.39 is 32.9 Å². The molecule has 0 amide bonds. The standard InChI is InChI=1S/C13H9F3O5S/c1-20-12(17)10-6-8-4-2-3-5-9(8)7-11(10)21-22(18,19)13(14,15)16/h2-7H,1H3. The topological polar surface area (TPSA) is 69.7 Å². The lowest BCUT2D eigenvalue weighted by Crippen LogP contribution is -2.28. The van der Waals surface area contributed by atoms with Crippen LogP contribution in [0.4, 0.5) is 13.2 Å². The predicted molar refractivity (Wildman–Crippen MR) is 70.9 cm³/mol. The van der Waals surface area contributed by atoms with Gasteiger partial charge in [0.05, 0.1) is 7.11 Å². The second-order valence-corrected chi connectivity index (χ2v) is 5.71. The van der Waals surface area contributed by atoms with Crippen LogP contribution in [-0.2, 0) is 14.9 Å². The van der Waals surface area contributed by atoms with Gasteiger partial charge in [0, 0.05) is 0 Å². The number of hydrogen-bond donors (Lipinski definition) is 0. The van der Waals surface area contributed by atoms with Gasteiger partial charge in [0.25, 0.3) is 0 Å². The number of halogens is 3. The first kappa shape index (κ1) is 16.1. The Balaban J connectivity index is 2.63. The molecule has 0 heterocycles. The smallest absolute Gasteiger partial charge is 0.465 e. The van der Waals surface area contributed by atoms with E-state index in [1.54, 1.807) is 18.2 Å². The normalized spacial score (nSPS) is 12.2. The molecular formula is C13H9F3O5S. The Labute approximate surface area is 123 Å². The lowest BCUT2D eigenvalue weighted by molar-refractivity contribution is -0.0500. The highest BCUT2D eigenvalue weighted by atomic mass is 32.2. The van der Waals surface area contributed by atoms with E-state index in [2.05, 4.69) is 8.92 Å². The lowest BCUT2D eigenvalue weighted by atomic mass is 10.1. The number of hydrogen-bond acceptors (Lipinski definition) is 5. The quantitative estimate of drug-likeness (QED) is 0.490. The highest BCUT2D eigenvalue weighted by Gasteiger charge is 2.49. The summed E-state index contributed by atoms with van der Waals surface area (Å²) in [5.41, 5.74) is -6.03. The molecule has 0 N–H and O–H groups in total. The van der Waals surface area contributed by atoms with E-state index in [0.717, 1.165) is 13.2 Å². The second kappa shape index (κ2) is 5.48. The van der Waals surface area contributed by atoms with Crippen molar-refractivity contribution in [2.24, 2.45) is 0 Å². The van der Waals surface area contributed by atoms with Gasteiger partial charge in [-0.2, -0.15) is 21.6 Å². The number of carbonyl (C=O) groups excluding carboxylic acids is 1. The first-order chi connectivity index (χ1) is 10.2. The average Bonchev–Trinajstić information content (AvgIpc) is 2.44. The van der Waals surface area contributed by atoms with Crippen molar-refractivity contribution in [3.63, 3.8) is 0 Å². The molecule has 0 aliphatic carbocycles. The molecule has 0 unspecified atom stereocenters. The first-order valence-corrected chi connectivity index (χ1v) is 7.18. The minimum Gasteiger partial charge on any atom is -0.465 e. The summed E-state index contributed by atoms with van der Waals surface area (Å²) in [5.74, 6) is -1.76. The molecule has 0 saturated carbocycles. The molecule has 9 heteroatoms. The Bertz CT molecular complexity index is 827. The van der Waals surface area contributed by atoms with Crippen LogP contribution >= 0.6 is 0 Å². The molecule has 2 aromatic carbocycles. The molecule has 0 saturated heterocycles. The van der Waals surface area contributed by atoms with Crippen LogP contribution in [0.15, 0.2) is 36.4 Å². The van der Waals surface area contributed by atoms with Crippen molar-refractivity contribution < 1.29 is 35.3 Å². The highest BCUT2D eigenvalue weighted by molar-refractivity contribution is 7.88. The summed E-state index contributed by atoms with van der Waals surface area (Å²) in [6, 6.07) is 8.61. The van der Waals surface area contributed by atoms with Crippen molar-refractivity contribution in [1.29, 1.82) is 0 Å². The van der Waals surface area contributed by atoms with E-state index in [4.69, 9.17) is 0 Å². The molecule has 0 fully saturated rings. The number of alkyl halides is 3. The zero-order valence-corrected chi connectivity index (χ0v) is 11.9. The maximum atomic E-state index is 12.4. The van der Waals surface area contributed by atoms with Gasteiger partial charge in [-0.25, -0.2) is 4.79 Å². The van der Waals surface area contributed by atoms with Crippen LogP contribution in [0.1, 0.15) is 10.4 Å². The van der Waals surface area contributed by atoms with Gasteiger partial charge in [-0.3, -0.25) is 0 Å². The summed E-state index contributed by atoms with van der Waals surface area (Å²) < 4.78 is 68.0. The Hall–Kier alpha value is -2.29. The summed E-state index contributed by atoms with van der Waals surface area (Å²) in [4.78, 5) is 11.6. The van der Waals surface area contributed by atoms with Crippen molar-refractivity contribution in [1.82, 2.24) is 0 Å². The Morgan fingerprint density at radius 3 is 2.14 bits per heavy atom. The number of ether oxygens (including phenoxy) is 1. The van der Waals surface area contributed by atoms with Crippen LogP contribution in [0.25, 0.3) is 10.8 Å². The molecule has 2 rings (SSSR count). The average molecular weight is 334 g/mol. The third-order valence-corrected chi connectivity index (χ3v) is 3.70. The Morgan fingerprint density at radius 2 is 1.64 bits per heavy atom. The van der Waals surface area contributed by atoms with Crippen molar-refractivity contribution >= 4 is 26.9 Å². The maximum Gasteiger partial charge on any atom is 0.534 e. The van der Waals surface area contributed by atoms with Crippen LogP contribution in [0, 0.1) is 0 Å². The van der Waals surface area contributed by atoms with Crippen molar-refractivity contribution in [3.8, 4) is 5.75 Å². The van der Waals surface area contributed by atoms with Gasteiger partial charge >= 0.3 is 21.6 Å². The van der Waals surface area contributed by atoms with Gasteiger partial charge < -0.3 is 8.92 Å². The lowest BCUT2D eigenvalue weighted by Gasteiger charge is -2.13. The van der Waals surface area contributed by atoms with Crippen molar-refractivity contribution in [2.75, 3.05) is 7.11 Å². The molecule has 5 nitrogen and oxygen atoms in total. The zero-order valence-electron chi connectivity index (χ0n) is 11.0. The molecule has 0 radical (unpaired) electrons. The summed E-state index contributed by atoms with van der Waals surface area (Å²) in [5, 5.41) is 0.919. The van der Waals surface area contributed by atoms with E-state index in [1.165, 1.54) is 12.1 Å². The van der Waals surface area contributed by atoms with E-state index >= 15 is 0 Å². The number of carbonyl (C=O) groups is 1. The molecule has 0 aliphatic heterocycles. The predicted octanol–water partition coefficient (Wildman–Crippen LogP) is 2.85. The number of fused-ring (bicyclic) bond motifs is 1. The summed E-state index contributed by atoms with van der Waals surface area (Å²) in [6.45, 7) is 0. The van der Waals surface area contributed by atoms with Gasteiger partial charge in [-0.05, 0) is 22.9 Å². The van der Waals surface area contributed by atoms with Crippen LogP contribution < -0.4 is 4.18 Å². The Kier molecular flexibility index (Phi) is 4.01. The summed E-state index contributed by atoms with van der Waals surface area (Å²) in [7, 11) is -4.88. The minimum absolute atomic E-state index is 0.405. The zero-order chi connectivity index (χ0) is 16.5. The van der Waals surface area contributed by atoms with Crippen LogP contribution in [-0.4, -0.2) is 27.0 Å². The number of rotatable bonds is 3. The number of esters is 1. The molecule has 2 aromatic rings. The highest BCUT2D eigenvalue weighted by Crippen LogP contribution is 2.32. The molecule has 0 atom stereocenters. The summed E-state index contributed by atoms with van der Waals surface area (Å²) >= 11 is 0. The third kappa shape index (κ3) is 2.98. The third-order valence-electron chi connectivity index (χ3n) is 2.74. The fraction of sp³-hybridized carbons (Fsp3) is 0.154. The van der Waals surface area contributed by atoms with Gasteiger partial charge in [-0.1, -0.05) is 24.3 Å². The largest absolute Gasteiger partial charge is 0.534 e. The van der Waals surface area contributed by atoms with E-state index in [1.807, 2.05) is 0 Å². The van der Waals surface area contributed by atoms with Gasteiger partial charge in [0.15, 0.2) is 5.75 Å². The van der Waals surface area contributed by atoms with Gasteiger partial charge in [0.1, 0.15) is 5.56 Å². The molecule has 0 bridgehead atoms. The molecular weight excluding hydrogens is 325 g/mol. The minimum atomic E-state index is -5.89. The molecule has 0 spiro atoms. The molecule has 0 aliphatic rings. The Morgan fingerprint density at radius 1 is 1.09 bits per heavy atom. The summed E-state index contributed by atoms with van der Waals surface area (Å²) in [6.07, 6.45) is 0. The first-order valence-electron chi connectivity index (χ1n) is 5.77. The van der Waals surface area contributed by atoms with Gasteiger partial charge in [0.2, 0.25) is 0 Å².